The predicted molar refractivity (Wildman–Crippen MR) is 113 cm³/mol. The molecule has 27 heavy (non-hydrogen) atoms. The number of carbonyl (C=O) groups excluding carboxylic acids is 1. The van der Waals surface area contributed by atoms with Crippen LogP contribution in [0.5, 0.6) is 0 Å². The van der Waals surface area contributed by atoms with Gasteiger partial charge in [0.05, 0.1) is 0 Å². The summed E-state index contributed by atoms with van der Waals surface area (Å²) in [7, 11) is 0. The second-order valence-electron chi connectivity index (χ2n) is 7.63. The van der Waals surface area contributed by atoms with Gasteiger partial charge in [0.15, 0.2) is 10.7 Å². The number of amides is 1. The number of nitrogens with zero attached hydrogens (tertiary/aromatic N) is 1. The first-order valence-electron chi connectivity index (χ1n) is 8.75. The SMILES string of the molecule is Cc1ccc2oc(-c3cccc(NC(=S)NC(=O)C(C)(C)C)c3C)nc2c1. The van der Waals surface area contributed by atoms with Gasteiger partial charge >= 0.3 is 0 Å². The fraction of sp³-hybridized carbons (Fsp3) is 0.286. The third kappa shape index (κ3) is 4.17. The first-order chi connectivity index (χ1) is 12.6. The van der Waals surface area contributed by atoms with E-state index in [0.29, 0.717) is 5.89 Å². The molecule has 1 heterocycles. The number of oxazole rings is 1. The number of aromatic nitrogens is 1. The first-order valence-corrected chi connectivity index (χ1v) is 9.15. The summed E-state index contributed by atoms with van der Waals surface area (Å²) in [6, 6.07) is 11.7. The van der Waals surface area contributed by atoms with Gasteiger partial charge in [-0.1, -0.05) is 32.9 Å². The third-order valence-corrected chi connectivity index (χ3v) is 4.47. The largest absolute Gasteiger partial charge is 0.436 e. The number of thiocarbonyl (C=S) groups is 1. The Kier molecular flexibility index (Phi) is 5.02. The van der Waals surface area contributed by atoms with Gasteiger partial charge in [-0.15, -0.1) is 0 Å². The molecule has 0 aliphatic rings. The zero-order valence-electron chi connectivity index (χ0n) is 16.1. The number of hydrogen-bond donors (Lipinski definition) is 2. The van der Waals surface area contributed by atoms with Crippen molar-refractivity contribution in [2.45, 2.75) is 34.6 Å². The van der Waals surface area contributed by atoms with Gasteiger partial charge in [-0.3, -0.25) is 4.79 Å². The minimum atomic E-state index is -0.515. The van der Waals surface area contributed by atoms with Gasteiger partial charge < -0.3 is 15.1 Å². The fourth-order valence-corrected chi connectivity index (χ4v) is 2.80. The third-order valence-electron chi connectivity index (χ3n) is 4.26. The standard InChI is InChI=1S/C21H23N3O2S/c1-12-9-10-17-16(11-12)22-18(26-17)14-7-6-8-15(13(14)2)23-20(27)24-19(25)21(3,4)5/h6-11H,1-5H3,(H2,23,24,25,27). The Morgan fingerprint density at radius 1 is 1.15 bits per heavy atom. The number of anilines is 1. The van der Waals surface area contributed by atoms with Crippen LogP contribution in [0.25, 0.3) is 22.6 Å². The Morgan fingerprint density at radius 3 is 2.59 bits per heavy atom. The summed E-state index contributed by atoms with van der Waals surface area (Å²) in [6.45, 7) is 9.51. The molecule has 5 nitrogen and oxygen atoms in total. The van der Waals surface area contributed by atoms with E-state index in [-0.39, 0.29) is 11.0 Å². The summed E-state index contributed by atoms with van der Waals surface area (Å²) in [5.74, 6) is 0.421. The molecule has 0 bridgehead atoms. The number of aryl methyl sites for hydroxylation is 1. The molecule has 140 valence electrons. The molecule has 0 spiro atoms. The molecule has 0 unspecified atom stereocenters. The van der Waals surface area contributed by atoms with Crippen LogP contribution in [0.15, 0.2) is 40.8 Å². The van der Waals surface area contributed by atoms with E-state index in [2.05, 4.69) is 15.6 Å². The summed E-state index contributed by atoms with van der Waals surface area (Å²) in [6.07, 6.45) is 0. The highest BCUT2D eigenvalue weighted by atomic mass is 32.1. The summed E-state index contributed by atoms with van der Waals surface area (Å²) < 4.78 is 5.92. The number of nitrogens with one attached hydrogen (secondary N) is 2. The Balaban J connectivity index is 1.87. The van der Waals surface area contributed by atoms with Gasteiger partial charge in [0.2, 0.25) is 11.8 Å². The highest BCUT2D eigenvalue weighted by Crippen LogP contribution is 2.30. The van der Waals surface area contributed by atoms with E-state index in [0.717, 1.165) is 33.5 Å². The topological polar surface area (TPSA) is 67.2 Å². The van der Waals surface area contributed by atoms with Crippen molar-refractivity contribution in [1.29, 1.82) is 0 Å². The van der Waals surface area contributed by atoms with E-state index in [4.69, 9.17) is 16.6 Å². The van der Waals surface area contributed by atoms with E-state index in [1.165, 1.54) is 0 Å². The van der Waals surface area contributed by atoms with Crippen LogP contribution in [0.1, 0.15) is 31.9 Å². The van der Waals surface area contributed by atoms with Crippen molar-refractivity contribution in [3.05, 3.63) is 47.5 Å². The van der Waals surface area contributed by atoms with E-state index >= 15 is 0 Å². The molecule has 0 atom stereocenters. The van der Waals surface area contributed by atoms with Crippen LogP contribution in [0.3, 0.4) is 0 Å². The molecule has 0 radical (unpaired) electrons. The maximum absolute atomic E-state index is 12.1. The molecule has 3 rings (SSSR count). The second-order valence-corrected chi connectivity index (χ2v) is 8.03. The normalized spacial score (nSPS) is 11.4. The lowest BCUT2D eigenvalue weighted by Crippen LogP contribution is -2.41. The Hall–Kier alpha value is -2.73. The van der Waals surface area contributed by atoms with Crippen LogP contribution in [-0.4, -0.2) is 16.0 Å². The average molecular weight is 382 g/mol. The van der Waals surface area contributed by atoms with Crippen molar-refractivity contribution in [2.24, 2.45) is 5.41 Å². The van der Waals surface area contributed by atoms with Crippen molar-refractivity contribution in [3.63, 3.8) is 0 Å². The van der Waals surface area contributed by atoms with Crippen LogP contribution >= 0.6 is 12.2 Å². The van der Waals surface area contributed by atoms with Crippen LogP contribution < -0.4 is 10.6 Å². The highest BCUT2D eigenvalue weighted by molar-refractivity contribution is 7.80. The lowest BCUT2D eigenvalue weighted by molar-refractivity contribution is -0.126. The lowest BCUT2D eigenvalue weighted by atomic mass is 9.96. The number of hydrogen-bond acceptors (Lipinski definition) is 4. The molecule has 1 amide bonds. The summed E-state index contributed by atoms with van der Waals surface area (Å²) in [5.41, 5.74) is 4.81. The maximum atomic E-state index is 12.1. The van der Waals surface area contributed by atoms with Gasteiger partial charge in [-0.05, 0) is 61.5 Å². The van der Waals surface area contributed by atoms with E-state index in [9.17, 15) is 4.79 Å². The summed E-state index contributed by atoms with van der Waals surface area (Å²) >= 11 is 5.29. The van der Waals surface area contributed by atoms with Gasteiger partial charge in [0.25, 0.3) is 0 Å². The van der Waals surface area contributed by atoms with Crippen LogP contribution in [-0.2, 0) is 4.79 Å². The monoisotopic (exact) mass is 381 g/mol. The van der Waals surface area contributed by atoms with E-state index in [1.54, 1.807) is 0 Å². The Labute approximate surface area is 164 Å². The number of fused-ring (bicyclic) bond motifs is 1. The molecule has 3 aromatic rings. The van der Waals surface area contributed by atoms with Crippen molar-refractivity contribution >= 4 is 40.0 Å². The van der Waals surface area contributed by atoms with Crippen LogP contribution in [0.4, 0.5) is 5.69 Å². The predicted octanol–water partition coefficient (Wildman–Crippen LogP) is 4.97. The van der Waals surface area contributed by atoms with Gasteiger partial charge in [-0.2, -0.15) is 0 Å². The number of carbonyl (C=O) groups is 1. The summed E-state index contributed by atoms with van der Waals surface area (Å²) in [4.78, 5) is 16.7. The number of benzene rings is 2. The first kappa shape index (κ1) is 19.0. The minimum Gasteiger partial charge on any atom is -0.436 e. The van der Waals surface area contributed by atoms with Gasteiger partial charge in [0.1, 0.15) is 5.52 Å². The molecule has 2 aromatic carbocycles. The molecule has 0 aliphatic carbocycles. The van der Waals surface area contributed by atoms with Crippen molar-refractivity contribution < 1.29 is 9.21 Å². The Morgan fingerprint density at radius 2 is 1.89 bits per heavy atom. The maximum Gasteiger partial charge on any atom is 0.231 e. The molecule has 0 aliphatic heterocycles. The number of rotatable bonds is 2. The smallest absolute Gasteiger partial charge is 0.231 e. The zero-order chi connectivity index (χ0) is 19.8. The second kappa shape index (κ2) is 7.12. The van der Waals surface area contributed by atoms with Crippen molar-refractivity contribution in [3.8, 4) is 11.5 Å². The quantitative estimate of drug-likeness (QED) is 0.614. The average Bonchev–Trinajstić information content (AvgIpc) is 2.98. The van der Waals surface area contributed by atoms with Crippen molar-refractivity contribution in [2.75, 3.05) is 5.32 Å². The van der Waals surface area contributed by atoms with Gasteiger partial charge in [-0.25, -0.2) is 4.98 Å². The molecule has 0 saturated heterocycles. The van der Waals surface area contributed by atoms with Crippen LogP contribution in [0.2, 0.25) is 0 Å². The molecule has 6 heteroatoms. The minimum absolute atomic E-state index is 0.136. The van der Waals surface area contributed by atoms with E-state index < -0.39 is 5.41 Å². The molecular weight excluding hydrogens is 358 g/mol. The molecule has 2 N–H and O–H groups in total. The highest BCUT2D eigenvalue weighted by Gasteiger charge is 2.22. The summed E-state index contributed by atoms with van der Waals surface area (Å²) in [5, 5.41) is 6.09. The van der Waals surface area contributed by atoms with E-state index in [1.807, 2.05) is 71.0 Å². The van der Waals surface area contributed by atoms with Crippen molar-refractivity contribution in [1.82, 2.24) is 10.3 Å². The molecule has 0 fully saturated rings. The molecule has 1 aromatic heterocycles. The zero-order valence-corrected chi connectivity index (χ0v) is 17.0. The molecular formula is C21H23N3O2S. The van der Waals surface area contributed by atoms with Crippen LogP contribution in [0, 0.1) is 19.3 Å². The Bertz CT molecular complexity index is 1030. The van der Waals surface area contributed by atoms with Gasteiger partial charge in [0, 0.05) is 16.7 Å². The molecule has 0 saturated carbocycles. The lowest BCUT2D eigenvalue weighted by Gasteiger charge is -2.19. The fourth-order valence-electron chi connectivity index (χ4n) is 2.60.